The predicted molar refractivity (Wildman–Crippen MR) is 82.3 cm³/mol. The molecule has 104 valence electrons. The summed E-state index contributed by atoms with van der Waals surface area (Å²) in [7, 11) is 0. The van der Waals surface area contributed by atoms with Crippen molar-refractivity contribution in [1.82, 2.24) is 4.98 Å². The summed E-state index contributed by atoms with van der Waals surface area (Å²) in [6, 6.07) is 0. The molecule has 0 aromatic carbocycles. The number of carbonyl (C=O) groups excluding carboxylic acids is 1. The molecule has 1 saturated heterocycles. The maximum atomic E-state index is 12.1. The molecule has 0 N–H and O–H groups in total. The summed E-state index contributed by atoms with van der Waals surface area (Å²) in [5.74, 6) is 1.40. The van der Waals surface area contributed by atoms with Crippen LogP contribution in [0.25, 0.3) is 0 Å². The van der Waals surface area contributed by atoms with Crippen molar-refractivity contribution in [2.45, 2.75) is 44.9 Å². The molecule has 1 fully saturated rings. The average molecular weight is 296 g/mol. The fourth-order valence-corrected chi connectivity index (χ4v) is 4.32. The highest BCUT2D eigenvalue weighted by Gasteiger charge is 2.32. The molecule has 1 aliphatic heterocycles. The first-order valence-corrected chi connectivity index (χ1v) is 8.62. The first-order valence-electron chi connectivity index (χ1n) is 7.17. The fraction of sp³-hybridized carbons (Fsp3) is 0.714. The Kier molecular flexibility index (Phi) is 4.12. The molecule has 19 heavy (non-hydrogen) atoms. The molecule has 1 aromatic heterocycles. The van der Waals surface area contributed by atoms with Gasteiger partial charge in [-0.15, -0.1) is 11.3 Å². The number of aryl methyl sites for hydroxylation is 2. The van der Waals surface area contributed by atoms with Gasteiger partial charge in [-0.1, -0.05) is 12.8 Å². The smallest absolute Gasteiger partial charge is 0.229 e. The Hall–Kier alpha value is -0.550. The van der Waals surface area contributed by atoms with Crippen molar-refractivity contribution >= 4 is 35.0 Å². The number of hydrogen-bond donors (Lipinski definition) is 1. The number of anilines is 1. The third-order valence-corrected chi connectivity index (χ3v) is 5.73. The Morgan fingerprint density at radius 2 is 2.05 bits per heavy atom. The van der Waals surface area contributed by atoms with E-state index in [2.05, 4.69) is 12.6 Å². The van der Waals surface area contributed by atoms with Gasteiger partial charge in [0.15, 0.2) is 5.13 Å². The zero-order valence-electron chi connectivity index (χ0n) is 11.1. The van der Waals surface area contributed by atoms with Crippen LogP contribution in [0.5, 0.6) is 0 Å². The summed E-state index contributed by atoms with van der Waals surface area (Å²) >= 11 is 6.05. The maximum Gasteiger partial charge on any atom is 0.229 e. The monoisotopic (exact) mass is 296 g/mol. The van der Waals surface area contributed by atoms with E-state index >= 15 is 0 Å². The van der Waals surface area contributed by atoms with E-state index in [4.69, 9.17) is 4.98 Å². The molecule has 0 radical (unpaired) electrons. The Balaban J connectivity index is 1.82. The predicted octanol–water partition coefficient (Wildman–Crippen LogP) is 3.08. The summed E-state index contributed by atoms with van der Waals surface area (Å²) in [6.07, 6.45) is 8.02. The Bertz CT molecular complexity index is 447. The third-order valence-electron chi connectivity index (χ3n) is 4.03. The lowest BCUT2D eigenvalue weighted by Crippen LogP contribution is -2.24. The van der Waals surface area contributed by atoms with Gasteiger partial charge in [-0.25, -0.2) is 4.98 Å². The van der Waals surface area contributed by atoms with Gasteiger partial charge in [0, 0.05) is 17.8 Å². The van der Waals surface area contributed by atoms with Crippen molar-refractivity contribution in [2.75, 3.05) is 17.2 Å². The van der Waals surface area contributed by atoms with Crippen LogP contribution in [0.3, 0.4) is 0 Å². The topological polar surface area (TPSA) is 33.2 Å². The molecule has 1 unspecified atom stereocenters. The molecular weight excluding hydrogens is 276 g/mol. The van der Waals surface area contributed by atoms with Crippen molar-refractivity contribution in [3.63, 3.8) is 0 Å². The van der Waals surface area contributed by atoms with Crippen molar-refractivity contribution in [1.29, 1.82) is 0 Å². The molecule has 2 heterocycles. The van der Waals surface area contributed by atoms with Gasteiger partial charge in [-0.2, -0.15) is 12.6 Å². The third kappa shape index (κ3) is 2.82. The number of fused-ring (bicyclic) bond motifs is 1. The molecule has 1 amide bonds. The van der Waals surface area contributed by atoms with Gasteiger partial charge in [0.05, 0.1) is 5.69 Å². The largest absolute Gasteiger partial charge is 0.288 e. The highest BCUT2D eigenvalue weighted by molar-refractivity contribution is 7.80. The Labute approximate surface area is 123 Å². The van der Waals surface area contributed by atoms with E-state index in [-0.39, 0.29) is 5.91 Å². The second-order valence-electron chi connectivity index (χ2n) is 5.54. The average Bonchev–Trinajstić information content (AvgIpc) is 2.93. The number of rotatable bonds is 2. The Morgan fingerprint density at radius 1 is 1.26 bits per heavy atom. The summed E-state index contributed by atoms with van der Waals surface area (Å²) in [5.41, 5.74) is 1.25. The number of aromatic nitrogens is 1. The molecule has 0 saturated carbocycles. The second-order valence-corrected chi connectivity index (χ2v) is 6.96. The zero-order valence-corrected chi connectivity index (χ0v) is 12.8. The van der Waals surface area contributed by atoms with Gasteiger partial charge >= 0.3 is 0 Å². The van der Waals surface area contributed by atoms with Gasteiger partial charge in [0.25, 0.3) is 0 Å². The summed E-state index contributed by atoms with van der Waals surface area (Å²) < 4.78 is 0. The van der Waals surface area contributed by atoms with Gasteiger partial charge in [0.2, 0.25) is 5.91 Å². The first-order chi connectivity index (χ1) is 9.28. The van der Waals surface area contributed by atoms with Crippen molar-refractivity contribution < 1.29 is 4.79 Å². The van der Waals surface area contributed by atoms with Gasteiger partial charge in [-0.05, 0) is 37.4 Å². The van der Waals surface area contributed by atoms with E-state index in [1.165, 1.54) is 36.3 Å². The molecule has 1 atom stereocenters. The molecule has 3 nitrogen and oxygen atoms in total. The minimum atomic E-state index is 0.223. The lowest BCUT2D eigenvalue weighted by Gasteiger charge is -2.11. The minimum Gasteiger partial charge on any atom is -0.288 e. The standard InChI is InChI=1S/C14H20N2OS2/c17-13-7-10(9-18)8-16(13)14-15-11-5-3-1-2-4-6-12(11)19-14/h10,18H,1-9H2. The minimum absolute atomic E-state index is 0.223. The van der Waals surface area contributed by atoms with Crippen LogP contribution in [-0.4, -0.2) is 23.2 Å². The quantitative estimate of drug-likeness (QED) is 0.851. The van der Waals surface area contributed by atoms with Crippen molar-refractivity contribution in [3.05, 3.63) is 10.6 Å². The van der Waals surface area contributed by atoms with E-state index in [1.807, 2.05) is 4.90 Å². The maximum absolute atomic E-state index is 12.1. The summed E-state index contributed by atoms with van der Waals surface area (Å²) in [4.78, 5) is 20.1. The van der Waals surface area contributed by atoms with Crippen LogP contribution in [-0.2, 0) is 17.6 Å². The van der Waals surface area contributed by atoms with Crippen LogP contribution < -0.4 is 4.90 Å². The summed E-state index contributed by atoms with van der Waals surface area (Å²) in [5, 5.41) is 0.932. The van der Waals surface area contributed by atoms with Crippen LogP contribution in [0.1, 0.15) is 42.7 Å². The second kappa shape index (κ2) is 5.83. The molecule has 0 bridgehead atoms. The van der Waals surface area contributed by atoms with Crippen molar-refractivity contribution in [3.8, 4) is 0 Å². The van der Waals surface area contributed by atoms with Gasteiger partial charge in [-0.3, -0.25) is 9.69 Å². The molecule has 5 heteroatoms. The SMILES string of the molecule is O=C1CC(CS)CN1c1nc2c(s1)CCCCCC2. The number of hydrogen-bond acceptors (Lipinski definition) is 4. The normalized spacial score (nSPS) is 24.2. The van der Waals surface area contributed by atoms with Crippen LogP contribution in [0.15, 0.2) is 0 Å². The number of thiol groups is 1. The molecule has 2 aliphatic rings. The number of thiazole rings is 1. The molecule has 1 aliphatic carbocycles. The van der Waals surface area contributed by atoms with Crippen LogP contribution in [0.2, 0.25) is 0 Å². The van der Waals surface area contributed by atoms with Crippen molar-refractivity contribution in [2.24, 2.45) is 5.92 Å². The van der Waals surface area contributed by atoms with E-state index in [1.54, 1.807) is 11.3 Å². The molecule has 1 aromatic rings. The van der Waals surface area contributed by atoms with E-state index < -0.39 is 0 Å². The zero-order chi connectivity index (χ0) is 13.2. The molecule has 0 spiro atoms. The lowest BCUT2D eigenvalue weighted by molar-refractivity contribution is -0.117. The van der Waals surface area contributed by atoms with Gasteiger partial charge < -0.3 is 0 Å². The van der Waals surface area contributed by atoms with Crippen LogP contribution in [0, 0.1) is 5.92 Å². The Morgan fingerprint density at radius 3 is 2.79 bits per heavy atom. The first kappa shape index (κ1) is 13.4. The van der Waals surface area contributed by atoms with E-state index in [0.717, 1.165) is 30.3 Å². The van der Waals surface area contributed by atoms with E-state index in [9.17, 15) is 4.79 Å². The number of nitrogens with zero attached hydrogens (tertiary/aromatic N) is 2. The van der Waals surface area contributed by atoms with E-state index in [0.29, 0.717) is 12.3 Å². The van der Waals surface area contributed by atoms with Crippen LogP contribution in [0.4, 0.5) is 5.13 Å². The highest BCUT2D eigenvalue weighted by atomic mass is 32.1. The van der Waals surface area contributed by atoms with Crippen LogP contribution >= 0.6 is 24.0 Å². The molecular formula is C14H20N2OS2. The summed E-state index contributed by atoms with van der Waals surface area (Å²) in [6.45, 7) is 0.800. The van der Waals surface area contributed by atoms with Gasteiger partial charge in [0.1, 0.15) is 0 Å². The lowest BCUT2D eigenvalue weighted by atomic mass is 10.0. The molecule has 3 rings (SSSR count). The fourth-order valence-electron chi connectivity index (χ4n) is 2.90. The highest BCUT2D eigenvalue weighted by Crippen LogP contribution is 2.34. The number of carbonyl (C=O) groups is 1. The number of amides is 1.